The minimum atomic E-state index is 0.338. The van der Waals surface area contributed by atoms with Crippen LogP contribution in [0.25, 0.3) is 0 Å². The Labute approximate surface area is 120 Å². The minimum absolute atomic E-state index is 0.338. The number of aromatic nitrogens is 2. The normalized spacial score (nSPS) is 21.3. The van der Waals surface area contributed by atoms with E-state index in [-0.39, 0.29) is 0 Å². The van der Waals surface area contributed by atoms with E-state index in [1.54, 1.807) is 12.4 Å². The molecule has 0 spiro atoms. The van der Waals surface area contributed by atoms with Crippen LogP contribution in [0.4, 0.5) is 5.95 Å². The average Bonchev–Trinajstić information content (AvgIpc) is 3.03. The van der Waals surface area contributed by atoms with Gasteiger partial charge in [-0.15, -0.1) is 0 Å². The molecule has 0 amide bonds. The van der Waals surface area contributed by atoms with Crippen molar-refractivity contribution in [3.63, 3.8) is 0 Å². The third-order valence-corrected chi connectivity index (χ3v) is 4.40. The predicted molar refractivity (Wildman–Crippen MR) is 77.7 cm³/mol. The van der Waals surface area contributed by atoms with Crippen molar-refractivity contribution in [1.82, 2.24) is 14.9 Å². The molecule has 5 nitrogen and oxygen atoms in total. The van der Waals surface area contributed by atoms with Crippen molar-refractivity contribution in [3.05, 3.63) is 18.5 Å². The number of carbonyl (C=O) groups is 1. The van der Waals surface area contributed by atoms with Crippen LogP contribution in [0.1, 0.15) is 25.7 Å². The van der Waals surface area contributed by atoms with Crippen LogP contribution in [0, 0.1) is 5.92 Å². The molecule has 5 heteroatoms. The fourth-order valence-corrected chi connectivity index (χ4v) is 3.16. The molecule has 0 unspecified atom stereocenters. The van der Waals surface area contributed by atoms with Gasteiger partial charge in [-0.2, -0.15) is 0 Å². The standard InChI is InChI=1S/C15H22N4O/c20-14(13-4-1-2-5-13)12-18-8-10-19(11-9-18)15-16-6-3-7-17-15/h3,6-7,13H,1-2,4-5,8-12H2. The van der Waals surface area contributed by atoms with Gasteiger partial charge in [-0.05, 0) is 18.9 Å². The Kier molecular flexibility index (Phi) is 4.25. The number of rotatable bonds is 4. The summed E-state index contributed by atoms with van der Waals surface area (Å²) in [6.07, 6.45) is 8.23. The van der Waals surface area contributed by atoms with Gasteiger partial charge in [0.05, 0.1) is 6.54 Å². The maximum atomic E-state index is 12.2. The number of hydrogen-bond acceptors (Lipinski definition) is 5. The highest BCUT2D eigenvalue weighted by Gasteiger charge is 2.26. The molecule has 2 aliphatic rings. The predicted octanol–water partition coefficient (Wildman–Crippen LogP) is 1.36. The van der Waals surface area contributed by atoms with E-state index in [1.807, 2.05) is 6.07 Å². The number of Topliss-reactive ketones (excluding diaryl/α,β-unsaturated/α-hetero) is 1. The maximum absolute atomic E-state index is 12.2. The van der Waals surface area contributed by atoms with Crippen LogP contribution in [0.3, 0.4) is 0 Å². The van der Waals surface area contributed by atoms with Crippen molar-refractivity contribution < 1.29 is 4.79 Å². The number of anilines is 1. The molecule has 1 saturated carbocycles. The van der Waals surface area contributed by atoms with Crippen LogP contribution in [0.2, 0.25) is 0 Å². The van der Waals surface area contributed by atoms with E-state index in [0.29, 0.717) is 18.2 Å². The quantitative estimate of drug-likeness (QED) is 0.829. The van der Waals surface area contributed by atoms with Crippen LogP contribution >= 0.6 is 0 Å². The fourth-order valence-electron chi connectivity index (χ4n) is 3.16. The summed E-state index contributed by atoms with van der Waals surface area (Å²) in [6, 6.07) is 1.83. The molecule has 1 aliphatic carbocycles. The number of hydrogen-bond donors (Lipinski definition) is 0. The highest BCUT2D eigenvalue weighted by atomic mass is 16.1. The van der Waals surface area contributed by atoms with Gasteiger partial charge in [-0.25, -0.2) is 9.97 Å². The van der Waals surface area contributed by atoms with E-state index in [2.05, 4.69) is 19.8 Å². The van der Waals surface area contributed by atoms with Crippen LogP contribution in [-0.4, -0.2) is 53.4 Å². The van der Waals surface area contributed by atoms with Crippen LogP contribution < -0.4 is 4.90 Å². The molecule has 1 aromatic rings. The molecule has 0 bridgehead atoms. The number of nitrogens with zero attached hydrogens (tertiary/aromatic N) is 4. The molecule has 1 aliphatic heterocycles. The van der Waals surface area contributed by atoms with Gasteiger partial charge in [0.1, 0.15) is 5.78 Å². The topological polar surface area (TPSA) is 49.3 Å². The first kappa shape index (κ1) is 13.5. The van der Waals surface area contributed by atoms with Crippen molar-refractivity contribution in [2.75, 3.05) is 37.6 Å². The first-order valence-corrected chi connectivity index (χ1v) is 7.60. The smallest absolute Gasteiger partial charge is 0.225 e. The van der Waals surface area contributed by atoms with Gasteiger partial charge in [-0.1, -0.05) is 12.8 Å². The molecule has 1 saturated heterocycles. The van der Waals surface area contributed by atoms with Gasteiger partial charge in [0.2, 0.25) is 5.95 Å². The zero-order valence-corrected chi connectivity index (χ0v) is 11.9. The first-order chi connectivity index (χ1) is 9.83. The van der Waals surface area contributed by atoms with Gasteiger partial charge in [0.25, 0.3) is 0 Å². The maximum Gasteiger partial charge on any atom is 0.225 e. The van der Waals surface area contributed by atoms with Crippen molar-refractivity contribution >= 4 is 11.7 Å². The van der Waals surface area contributed by atoms with Crippen LogP contribution in [-0.2, 0) is 4.79 Å². The lowest BCUT2D eigenvalue weighted by atomic mass is 10.0. The summed E-state index contributed by atoms with van der Waals surface area (Å²) >= 11 is 0. The highest BCUT2D eigenvalue weighted by Crippen LogP contribution is 2.25. The molecule has 3 rings (SSSR count). The Bertz CT molecular complexity index is 436. The second kappa shape index (κ2) is 6.31. The summed E-state index contributed by atoms with van der Waals surface area (Å²) in [7, 11) is 0. The molecule has 1 aromatic heterocycles. The van der Waals surface area contributed by atoms with Gasteiger partial charge in [-0.3, -0.25) is 9.69 Å². The summed E-state index contributed by atoms with van der Waals surface area (Å²) in [4.78, 5) is 25.2. The van der Waals surface area contributed by atoms with Gasteiger partial charge in [0.15, 0.2) is 0 Å². The van der Waals surface area contributed by atoms with Gasteiger partial charge in [0, 0.05) is 44.5 Å². The highest BCUT2D eigenvalue weighted by molar-refractivity contribution is 5.83. The second-order valence-corrected chi connectivity index (χ2v) is 5.76. The SMILES string of the molecule is O=C(CN1CCN(c2ncccn2)CC1)C1CCCC1. The van der Waals surface area contributed by atoms with Crippen molar-refractivity contribution in [2.45, 2.75) is 25.7 Å². The van der Waals surface area contributed by atoms with E-state index in [0.717, 1.165) is 45.0 Å². The molecule has 0 atom stereocenters. The molecular weight excluding hydrogens is 252 g/mol. The Morgan fingerprint density at radius 2 is 1.75 bits per heavy atom. The Morgan fingerprint density at radius 3 is 2.40 bits per heavy atom. The van der Waals surface area contributed by atoms with E-state index in [1.165, 1.54) is 12.8 Å². The summed E-state index contributed by atoms with van der Waals surface area (Å²) in [5.74, 6) is 1.59. The van der Waals surface area contributed by atoms with Crippen LogP contribution in [0.5, 0.6) is 0 Å². The summed E-state index contributed by atoms with van der Waals surface area (Å²) in [5.41, 5.74) is 0. The molecule has 0 aromatic carbocycles. The Morgan fingerprint density at radius 1 is 1.10 bits per heavy atom. The molecule has 20 heavy (non-hydrogen) atoms. The van der Waals surface area contributed by atoms with Gasteiger partial charge >= 0.3 is 0 Å². The third-order valence-electron chi connectivity index (χ3n) is 4.40. The van der Waals surface area contributed by atoms with E-state index in [9.17, 15) is 4.79 Å². The van der Waals surface area contributed by atoms with Gasteiger partial charge < -0.3 is 4.90 Å². The lowest BCUT2D eigenvalue weighted by molar-refractivity contribution is -0.123. The lowest BCUT2D eigenvalue weighted by Gasteiger charge is -2.34. The monoisotopic (exact) mass is 274 g/mol. The lowest BCUT2D eigenvalue weighted by Crippen LogP contribution is -2.49. The molecule has 0 radical (unpaired) electrons. The van der Waals surface area contributed by atoms with Crippen molar-refractivity contribution in [3.8, 4) is 0 Å². The minimum Gasteiger partial charge on any atom is -0.338 e. The second-order valence-electron chi connectivity index (χ2n) is 5.76. The van der Waals surface area contributed by atoms with E-state index < -0.39 is 0 Å². The molecular formula is C15H22N4O. The number of ketones is 1. The van der Waals surface area contributed by atoms with Crippen molar-refractivity contribution in [1.29, 1.82) is 0 Å². The molecule has 0 N–H and O–H groups in total. The number of carbonyl (C=O) groups excluding carboxylic acids is 1. The Balaban J connectivity index is 1.47. The zero-order chi connectivity index (χ0) is 13.8. The number of piperazine rings is 1. The molecule has 2 heterocycles. The largest absolute Gasteiger partial charge is 0.338 e. The third kappa shape index (κ3) is 3.15. The zero-order valence-electron chi connectivity index (χ0n) is 11.9. The average molecular weight is 274 g/mol. The van der Waals surface area contributed by atoms with Crippen LogP contribution in [0.15, 0.2) is 18.5 Å². The molecule has 108 valence electrons. The summed E-state index contributed by atoms with van der Waals surface area (Å²) < 4.78 is 0. The fraction of sp³-hybridized carbons (Fsp3) is 0.667. The van der Waals surface area contributed by atoms with E-state index in [4.69, 9.17) is 0 Å². The first-order valence-electron chi connectivity index (χ1n) is 7.60. The van der Waals surface area contributed by atoms with Crippen molar-refractivity contribution in [2.24, 2.45) is 5.92 Å². The Hall–Kier alpha value is -1.49. The van der Waals surface area contributed by atoms with E-state index >= 15 is 0 Å². The molecule has 2 fully saturated rings. The summed E-state index contributed by atoms with van der Waals surface area (Å²) in [5, 5.41) is 0. The summed E-state index contributed by atoms with van der Waals surface area (Å²) in [6.45, 7) is 4.30.